The molecule has 0 unspecified atom stereocenters. The Kier molecular flexibility index (Phi) is 6.26. The fourth-order valence-electron chi connectivity index (χ4n) is 3.37. The summed E-state index contributed by atoms with van der Waals surface area (Å²) in [5.74, 6) is 0.680. The van der Waals surface area contributed by atoms with Gasteiger partial charge in [-0.15, -0.1) is 0 Å². The number of rotatable bonds is 10. The quantitative estimate of drug-likeness (QED) is 0.479. The second-order valence-electron chi connectivity index (χ2n) is 6.86. The van der Waals surface area contributed by atoms with E-state index in [9.17, 15) is 4.79 Å². The first-order chi connectivity index (χ1) is 12.3. The van der Waals surface area contributed by atoms with E-state index in [1.807, 2.05) is 24.3 Å². The number of aryl methyl sites for hydroxylation is 1. The lowest BCUT2D eigenvalue weighted by atomic mass is 10.1. The lowest BCUT2D eigenvalue weighted by molar-refractivity contribution is 0.503. The maximum atomic E-state index is 12.2. The van der Waals surface area contributed by atoms with Gasteiger partial charge in [0.15, 0.2) is 17.0 Å². The highest BCUT2D eigenvalue weighted by atomic mass is 16.3. The van der Waals surface area contributed by atoms with Gasteiger partial charge in [0.25, 0.3) is 5.56 Å². The van der Waals surface area contributed by atoms with Crippen molar-refractivity contribution in [3.63, 3.8) is 0 Å². The number of aromatic amines is 1. The molecule has 0 fully saturated rings. The molecule has 0 radical (unpaired) electrons. The van der Waals surface area contributed by atoms with Crippen molar-refractivity contribution in [3.8, 4) is 0 Å². The molecule has 134 valence electrons. The summed E-state index contributed by atoms with van der Waals surface area (Å²) in [5.41, 5.74) is 1.66. The molecule has 0 aliphatic carbocycles. The molecule has 0 atom stereocenters. The van der Waals surface area contributed by atoms with Crippen LogP contribution in [0.25, 0.3) is 22.0 Å². The van der Waals surface area contributed by atoms with Gasteiger partial charge in [-0.3, -0.25) is 4.79 Å². The minimum absolute atomic E-state index is 0.171. The van der Waals surface area contributed by atoms with Gasteiger partial charge in [-0.2, -0.15) is 0 Å². The molecule has 3 rings (SSSR count). The predicted molar refractivity (Wildman–Crippen MR) is 103 cm³/mol. The highest BCUT2D eigenvalue weighted by Gasteiger charge is 2.12. The molecule has 0 aliphatic rings. The van der Waals surface area contributed by atoms with Crippen LogP contribution in [0.4, 0.5) is 0 Å². The highest BCUT2D eigenvalue weighted by Crippen LogP contribution is 2.22. The Morgan fingerprint density at radius 2 is 1.64 bits per heavy atom. The third-order valence-corrected chi connectivity index (χ3v) is 4.80. The van der Waals surface area contributed by atoms with Crippen molar-refractivity contribution < 1.29 is 4.42 Å². The molecule has 4 heteroatoms. The summed E-state index contributed by atoms with van der Waals surface area (Å²) in [6, 6.07) is 7.70. The Labute approximate surface area is 148 Å². The molecule has 0 bridgehead atoms. The lowest BCUT2D eigenvalue weighted by Gasteiger charge is -2.00. The van der Waals surface area contributed by atoms with Crippen LogP contribution in [0.5, 0.6) is 0 Å². The number of aromatic nitrogens is 2. The fourth-order valence-corrected chi connectivity index (χ4v) is 3.37. The Balaban J connectivity index is 1.52. The number of nitrogens with one attached hydrogen (secondary N) is 1. The van der Waals surface area contributed by atoms with Crippen LogP contribution in [-0.2, 0) is 6.42 Å². The summed E-state index contributed by atoms with van der Waals surface area (Å²) in [4.78, 5) is 19.4. The second kappa shape index (κ2) is 8.84. The third kappa shape index (κ3) is 4.50. The van der Waals surface area contributed by atoms with E-state index in [0.717, 1.165) is 23.7 Å². The van der Waals surface area contributed by atoms with Gasteiger partial charge in [-0.1, -0.05) is 70.4 Å². The van der Waals surface area contributed by atoms with E-state index in [2.05, 4.69) is 16.9 Å². The van der Waals surface area contributed by atoms with Gasteiger partial charge in [-0.25, -0.2) is 4.98 Å². The average molecular weight is 340 g/mol. The van der Waals surface area contributed by atoms with Crippen molar-refractivity contribution in [3.05, 3.63) is 40.5 Å². The van der Waals surface area contributed by atoms with E-state index in [0.29, 0.717) is 17.0 Å². The molecule has 4 nitrogen and oxygen atoms in total. The zero-order valence-corrected chi connectivity index (χ0v) is 15.1. The number of nitrogens with zero attached hydrogens (tertiary/aromatic N) is 1. The summed E-state index contributed by atoms with van der Waals surface area (Å²) in [6.45, 7) is 2.25. The maximum Gasteiger partial charge on any atom is 0.278 e. The van der Waals surface area contributed by atoms with Crippen LogP contribution >= 0.6 is 0 Å². The predicted octanol–water partition coefficient (Wildman–Crippen LogP) is 5.74. The number of H-pyrrole nitrogens is 1. The second-order valence-corrected chi connectivity index (χ2v) is 6.86. The van der Waals surface area contributed by atoms with Crippen molar-refractivity contribution in [1.82, 2.24) is 9.97 Å². The number of hydrogen-bond acceptors (Lipinski definition) is 3. The van der Waals surface area contributed by atoms with Crippen LogP contribution in [0.2, 0.25) is 0 Å². The van der Waals surface area contributed by atoms with Gasteiger partial charge in [-0.05, 0) is 18.6 Å². The van der Waals surface area contributed by atoms with E-state index < -0.39 is 0 Å². The number of oxazole rings is 1. The molecule has 2 aromatic heterocycles. The first kappa shape index (κ1) is 17.7. The molecule has 0 spiro atoms. The first-order valence-corrected chi connectivity index (χ1v) is 9.70. The first-order valence-electron chi connectivity index (χ1n) is 9.70. The number of fused-ring (bicyclic) bond motifs is 3. The molecule has 3 aromatic rings. The van der Waals surface area contributed by atoms with Crippen molar-refractivity contribution in [1.29, 1.82) is 0 Å². The SMILES string of the molecule is CCCCCCCCCCCc1nc2c(=O)[nH]c3ccccc3c2o1. The molecular formula is C21H28N2O2. The van der Waals surface area contributed by atoms with Crippen molar-refractivity contribution in [2.24, 2.45) is 0 Å². The Bertz CT molecular complexity index is 863. The highest BCUT2D eigenvalue weighted by molar-refractivity contribution is 6.00. The van der Waals surface area contributed by atoms with Gasteiger partial charge in [0.1, 0.15) is 0 Å². The van der Waals surface area contributed by atoms with Gasteiger partial charge in [0.05, 0.1) is 5.52 Å². The van der Waals surface area contributed by atoms with Crippen LogP contribution in [0, 0.1) is 0 Å². The standard InChI is InChI=1S/C21H28N2O2/c1-2-3-4-5-6-7-8-9-10-15-18-23-19-20(25-18)16-13-11-12-14-17(16)22-21(19)24/h11-14H,2-10,15H2,1H3,(H,22,24). The van der Waals surface area contributed by atoms with E-state index in [1.165, 1.54) is 51.4 Å². The summed E-state index contributed by atoms with van der Waals surface area (Å²) >= 11 is 0. The van der Waals surface area contributed by atoms with E-state index in [-0.39, 0.29) is 5.56 Å². The summed E-state index contributed by atoms with van der Waals surface area (Å²) in [6.07, 6.45) is 12.4. The summed E-state index contributed by atoms with van der Waals surface area (Å²) < 4.78 is 5.90. The number of unbranched alkanes of at least 4 members (excludes halogenated alkanes) is 8. The number of pyridine rings is 1. The minimum atomic E-state index is -0.171. The molecule has 1 aromatic carbocycles. The molecule has 0 saturated heterocycles. The largest absolute Gasteiger partial charge is 0.440 e. The fraction of sp³-hybridized carbons (Fsp3) is 0.524. The zero-order chi connectivity index (χ0) is 17.5. The van der Waals surface area contributed by atoms with Crippen LogP contribution in [0.1, 0.15) is 70.6 Å². The van der Waals surface area contributed by atoms with Crippen LogP contribution < -0.4 is 5.56 Å². The molecule has 1 N–H and O–H groups in total. The number of para-hydroxylation sites is 1. The summed E-state index contributed by atoms with van der Waals surface area (Å²) in [7, 11) is 0. The van der Waals surface area contributed by atoms with Crippen molar-refractivity contribution >= 4 is 22.0 Å². The Morgan fingerprint density at radius 1 is 0.960 bits per heavy atom. The van der Waals surface area contributed by atoms with Gasteiger partial charge < -0.3 is 9.40 Å². The van der Waals surface area contributed by atoms with E-state index >= 15 is 0 Å². The van der Waals surface area contributed by atoms with Crippen molar-refractivity contribution in [2.75, 3.05) is 0 Å². The monoisotopic (exact) mass is 340 g/mol. The Hall–Kier alpha value is -2.10. The number of hydrogen-bond donors (Lipinski definition) is 1. The molecule has 0 aliphatic heterocycles. The zero-order valence-electron chi connectivity index (χ0n) is 15.1. The normalized spacial score (nSPS) is 11.6. The number of benzene rings is 1. The molecule has 0 saturated carbocycles. The van der Waals surface area contributed by atoms with Crippen molar-refractivity contribution in [2.45, 2.75) is 71.1 Å². The van der Waals surface area contributed by atoms with E-state index in [1.54, 1.807) is 0 Å². The molecule has 2 heterocycles. The van der Waals surface area contributed by atoms with E-state index in [4.69, 9.17) is 4.42 Å². The average Bonchev–Trinajstić information content (AvgIpc) is 3.05. The topological polar surface area (TPSA) is 58.9 Å². The minimum Gasteiger partial charge on any atom is -0.440 e. The molecular weight excluding hydrogens is 312 g/mol. The van der Waals surface area contributed by atoms with Crippen LogP contribution in [0.15, 0.2) is 33.5 Å². The van der Waals surface area contributed by atoms with Gasteiger partial charge in [0.2, 0.25) is 0 Å². The lowest BCUT2D eigenvalue weighted by Crippen LogP contribution is -2.06. The van der Waals surface area contributed by atoms with Gasteiger partial charge >= 0.3 is 0 Å². The smallest absolute Gasteiger partial charge is 0.278 e. The van der Waals surface area contributed by atoms with Crippen LogP contribution in [-0.4, -0.2) is 9.97 Å². The maximum absolute atomic E-state index is 12.2. The summed E-state index contributed by atoms with van der Waals surface area (Å²) in [5, 5.41) is 0.919. The third-order valence-electron chi connectivity index (χ3n) is 4.80. The molecule has 0 amide bonds. The molecule has 25 heavy (non-hydrogen) atoms. The van der Waals surface area contributed by atoms with Gasteiger partial charge in [0, 0.05) is 11.8 Å². The van der Waals surface area contributed by atoms with Crippen LogP contribution in [0.3, 0.4) is 0 Å². The Morgan fingerprint density at radius 3 is 2.40 bits per heavy atom.